The maximum Gasteiger partial charge on any atom is 0.277 e. The summed E-state index contributed by atoms with van der Waals surface area (Å²) in [5, 5.41) is 5.27. The molecule has 1 aromatic carbocycles. The van der Waals surface area contributed by atoms with Crippen LogP contribution in [0.25, 0.3) is 16.9 Å². The summed E-state index contributed by atoms with van der Waals surface area (Å²) in [5.74, 6) is -0.320. The van der Waals surface area contributed by atoms with Crippen molar-refractivity contribution >= 4 is 22.4 Å². The van der Waals surface area contributed by atoms with Gasteiger partial charge in [0.05, 0.1) is 11.9 Å². The number of nitrogens with zero attached hydrogens (tertiary/aromatic N) is 4. The van der Waals surface area contributed by atoms with Crippen LogP contribution in [0.5, 0.6) is 0 Å². The Hall–Kier alpha value is -3.32. The lowest BCUT2D eigenvalue weighted by Gasteiger charge is -2.10. The van der Waals surface area contributed by atoms with Crippen molar-refractivity contribution in [2.24, 2.45) is 0 Å². The molecule has 7 heteroatoms. The van der Waals surface area contributed by atoms with Crippen LogP contribution in [0.3, 0.4) is 0 Å². The minimum Gasteiger partial charge on any atom is -0.318 e. The van der Waals surface area contributed by atoms with Crippen molar-refractivity contribution in [1.29, 1.82) is 0 Å². The molecule has 4 rings (SSSR count). The molecule has 0 saturated carbocycles. The molecule has 0 fully saturated rings. The highest BCUT2D eigenvalue weighted by Crippen LogP contribution is 2.31. The Labute approximate surface area is 166 Å². The summed E-state index contributed by atoms with van der Waals surface area (Å²) in [6, 6.07) is 10.6. The standard InChI is InChI=1S/C21H19N5OS/c1-13-4-6-16(7-5-13)26-14(2)10-17(15(26)3)19-12-28-21(24-19)25-20(27)18-11-22-8-9-23-18/h4-12H,1-3H3,(H,24,25,27). The highest BCUT2D eigenvalue weighted by Gasteiger charge is 2.16. The van der Waals surface area contributed by atoms with Gasteiger partial charge in [-0.2, -0.15) is 0 Å². The maximum absolute atomic E-state index is 12.2. The van der Waals surface area contributed by atoms with Crippen molar-refractivity contribution in [1.82, 2.24) is 19.5 Å². The number of anilines is 1. The van der Waals surface area contributed by atoms with E-state index in [1.807, 2.05) is 5.38 Å². The molecular formula is C21H19N5OS. The molecule has 3 aromatic heterocycles. The second kappa shape index (κ2) is 7.36. The quantitative estimate of drug-likeness (QED) is 0.555. The number of rotatable bonds is 4. The highest BCUT2D eigenvalue weighted by molar-refractivity contribution is 7.14. The number of aryl methyl sites for hydroxylation is 2. The van der Waals surface area contributed by atoms with E-state index in [0.717, 1.165) is 28.3 Å². The topological polar surface area (TPSA) is 72.7 Å². The fourth-order valence-electron chi connectivity index (χ4n) is 3.15. The third-order valence-corrected chi connectivity index (χ3v) is 5.28. The van der Waals surface area contributed by atoms with Gasteiger partial charge in [-0.25, -0.2) is 9.97 Å². The molecule has 0 aliphatic heterocycles. The van der Waals surface area contributed by atoms with Crippen LogP contribution >= 0.6 is 11.3 Å². The summed E-state index contributed by atoms with van der Waals surface area (Å²) in [5.41, 5.74) is 6.75. The van der Waals surface area contributed by atoms with Crippen molar-refractivity contribution in [2.45, 2.75) is 20.8 Å². The Morgan fingerprint density at radius 2 is 1.89 bits per heavy atom. The van der Waals surface area contributed by atoms with E-state index in [1.165, 1.54) is 35.5 Å². The van der Waals surface area contributed by atoms with Crippen LogP contribution in [0.4, 0.5) is 5.13 Å². The first kappa shape index (κ1) is 18.1. The fraction of sp³-hybridized carbons (Fsp3) is 0.143. The van der Waals surface area contributed by atoms with Crippen LogP contribution in [0.1, 0.15) is 27.4 Å². The van der Waals surface area contributed by atoms with Gasteiger partial charge in [-0.15, -0.1) is 11.3 Å². The van der Waals surface area contributed by atoms with E-state index < -0.39 is 0 Å². The van der Waals surface area contributed by atoms with E-state index in [1.54, 1.807) is 0 Å². The summed E-state index contributed by atoms with van der Waals surface area (Å²) >= 11 is 1.39. The van der Waals surface area contributed by atoms with E-state index in [-0.39, 0.29) is 11.6 Å². The second-order valence-electron chi connectivity index (χ2n) is 6.54. The molecule has 0 spiro atoms. The molecule has 0 radical (unpaired) electrons. The molecular weight excluding hydrogens is 370 g/mol. The van der Waals surface area contributed by atoms with Crippen molar-refractivity contribution in [3.05, 3.63) is 76.9 Å². The molecule has 0 saturated heterocycles. The van der Waals surface area contributed by atoms with Crippen molar-refractivity contribution in [3.63, 3.8) is 0 Å². The van der Waals surface area contributed by atoms with Gasteiger partial charge >= 0.3 is 0 Å². The molecule has 28 heavy (non-hydrogen) atoms. The summed E-state index contributed by atoms with van der Waals surface area (Å²) in [6.07, 6.45) is 4.45. The van der Waals surface area contributed by atoms with Crippen molar-refractivity contribution in [2.75, 3.05) is 5.32 Å². The number of carbonyl (C=O) groups excluding carboxylic acids is 1. The fourth-order valence-corrected chi connectivity index (χ4v) is 3.85. The van der Waals surface area contributed by atoms with Gasteiger partial charge in [0, 0.05) is 40.4 Å². The highest BCUT2D eigenvalue weighted by atomic mass is 32.1. The van der Waals surface area contributed by atoms with Gasteiger partial charge in [-0.1, -0.05) is 17.7 Å². The lowest BCUT2D eigenvalue weighted by atomic mass is 10.2. The summed E-state index contributed by atoms with van der Waals surface area (Å²) in [4.78, 5) is 24.8. The number of nitrogens with one attached hydrogen (secondary N) is 1. The minimum atomic E-state index is -0.320. The van der Waals surface area contributed by atoms with Crippen LogP contribution in [-0.2, 0) is 0 Å². The number of hydrogen-bond acceptors (Lipinski definition) is 5. The monoisotopic (exact) mass is 389 g/mol. The Kier molecular flexibility index (Phi) is 4.75. The van der Waals surface area contributed by atoms with E-state index in [4.69, 9.17) is 0 Å². The average molecular weight is 389 g/mol. The van der Waals surface area contributed by atoms with Crippen LogP contribution < -0.4 is 5.32 Å². The van der Waals surface area contributed by atoms with E-state index in [0.29, 0.717) is 5.13 Å². The van der Waals surface area contributed by atoms with Crippen LogP contribution in [0, 0.1) is 20.8 Å². The SMILES string of the molecule is Cc1ccc(-n2c(C)cc(-c3csc(NC(=O)c4cnccn4)n3)c2C)cc1. The number of aromatic nitrogens is 4. The summed E-state index contributed by atoms with van der Waals surface area (Å²) in [7, 11) is 0. The predicted molar refractivity (Wildman–Crippen MR) is 111 cm³/mol. The van der Waals surface area contributed by atoms with Crippen LogP contribution in [0.2, 0.25) is 0 Å². The Morgan fingerprint density at radius 1 is 1.11 bits per heavy atom. The van der Waals surface area contributed by atoms with Gasteiger partial charge in [0.25, 0.3) is 5.91 Å². The molecule has 1 N–H and O–H groups in total. The van der Waals surface area contributed by atoms with Crippen LogP contribution in [-0.4, -0.2) is 25.4 Å². The zero-order chi connectivity index (χ0) is 19.7. The van der Waals surface area contributed by atoms with Gasteiger partial charge in [-0.05, 0) is 39.0 Å². The molecule has 0 aliphatic carbocycles. The summed E-state index contributed by atoms with van der Waals surface area (Å²) < 4.78 is 2.21. The Balaban J connectivity index is 1.61. The smallest absolute Gasteiger partial charge is 0.277 e. The third kappa shape index (κ3) is 3.44. The van der Waals surface area contributed by atoms with E-state index in [9.17, 15) is 4.79 Å². The second-order valence-corrected chi connectivity index (χ2v) is 7.40. The molecule has 0 bridgehead atoms. The van der Waals surface area contributed by atoms with Crippen molar-refractivity contribution in [3.8, 4) is 16.9 Å². The normalized spacial score (nSPS) is 10.8. The lowest BCUT2D eigenvalue weighted by Crippen LogP contribution is -2.13. The first-order valence-electron chi connectivity index (χ1n) is 8.82. The van der Waals surface area contributed by atoms with Gasteiger partial charge in [0.1, 0.15) is 5.69 Å². The molecule has 4 aromatic rings. The molecule has 0 aliphatic rings. The summed E-state index contributed by atoms with van der Waals surface area (Å²) in [6.45, 7) is 6.25. The zero-order valence-corrected chi connectivity index (χ0v) is 16.6. The maximum atomic E-state index is 12.2. The van der Waals surface area contributed by atoms with E-state index in [2.05, 4.69) is 75.9 Å². The minimum absolute atomic E-state index is 0.261. The largest absolute Gasteiger partial charge is 0.318 e. The number of hydrogen-bond donors (Lipinski definition) is 1. The lowest BCUT2D eigenvalue weighted by molar-refractivity contribution is 0.102. The van der Waals surface area contributed by atoms with Gasteiger partial charge in [-0.3, -0.25) is 15.1 Å². The Bertz CT molecular complexity index is 1130. The molecule has 0 atom stereocenters. The van der Waals surface area contributed by atoms with Gasteiger partial charge in [0.2, 0.25) is 0 Å². The predicted octanol–water partition coefficient (Wildman–Crippen LogP) is 4.57. The number of thiazole rings is 1. The Morgan fingerprint density at radius 3 is 2.61 bits per heavy atom. The van der Waals surface area contributed by atoms with Crippen LogP contribution in [0.15, 0.2) is 54.3 Å². The molecule has 6 nitrogen and oxygen atoms in total. The number of amides is 1. The molecule has 1 amide bonds. The van der Waals surface area contributed by atoms with Gasteiger partial charge in [0.15, 0.2) is 5.13 Å². The van der Waals surface area contributed by atoms with Crippen molar-refractivity contribution < 1.29 is 4.79 Å². The number of carbonyl (C=O) groups is 1. The molecule has 0 unspecified atom stereocenters. The first-order valence-corrected chi connectivity index (χ1v) is 9.70. The average Bonchev–Trinajstić information content (AvgIpc) is 3.27. The van der Waals surface area contributed by atoms with Gasteiger partial charge < -0.3 is 4.57 Å². The molecule has 3 heterocycles. The number of benzene rings is 1. The first-order chi connectivity index (χ1) is 13.5. The van der Waals surface area contributed by atoms with E-state index >= 15 is 0 Å². The zero-order valence-electron chi connectivity index (χ0n) is 15.8. The molecule has 140 valence electrons. The third-order valence-electron chi connectivity index (χ3n) is 4.52.